The monoisotopic (exact) mass is 295 g/mol. The number of fused-ring (bicyclic) bond motifs is 2. The van der Waals surface area contributed by atoms with Crippen LogP contribution in [0.5, 0.6) is 0 Å². The molecule has 1 N–H and O–H groups in total. The molecule has 1 aliphatic heterocycles. The molecule has 1 aliphatic rings. The number of H-pyrrole nitrogens is 1. The van der Waals surface area contributed by atoms with E-state index in [1.165, 1.54) is 4.68 Å². The summed E-state index contributed by atoms with van der Waals surface area (Å²) in [7, 11) is 1.70. The average Bonchev–Trinajstić information content (AvgIpc) is 2.91. The molecule has 0 aliphatic carbocycles. The van der Waals surface area contributed by atoms with Gasteiger partial charge < -0.3 is 4.98 Å². The van der Waals surface area contributed by atoms with Crippen molar-refractivity contribution >= 4 is 11.0 Å². The quantitative estimate of drug-likeness (QED) is 0.772. The van der Waals surface area contributed by atoms with Crippen LogP contribution in [0.4, 0.5) is 0 Å². The molecule has 6 heteroatoms. The van der Waals surface area contributed by atoms with Gasteiger partial charge in [-0.25, -0.2) is 9.67 Å². The van der Waals surface area contributed by atoms with Crippen molar-refractivity contribution in [2.75, 3.05) is 6.54 Å². The number of benzene rings is 1. The van der Waals surface area contributed by atoms with Gasteiger partial charge in [0.05, 0.1) is 23.3 Å². The number of nitrogens with one attached hydrogen (secondary N) is 1. The van der Waals surface area contributed by atoms with E-state index in [-0.39, 0.29) is 5.56 Å². The molecule has 0 bridgehead atoms. The van der Waals surface area contributed by atoms with Crippen LogP contribution < -0.4 is 5.56 Å². The third-order valence-electron chi connectivity index (χ3n) is 4.13. The van der Waals surface area contributed by atoms with Crippen LogP contribution in [0.25, 0.3) is 11.0 Å². The maximum absolute atomic E-state index is 11.7. The number of aryl methyl sites for hydroxylation is 1. The van der Waals surface area contributed by atoms with E-state index in [2.05, 4.69) is 20.0 Å². The molecule has 0 saturated carbocycles. The molecule has 0 atom stereocenters. The number of hydrogen-bond donors (Lipinski definition) is 1. The Morgan fingerprint density at radius 2 is 2.18 bits per heavy atom. The van der Waals surface area contributed by atoms with Gasteiger partial charge in [0.1, 0.15) is 5.82 Å². The van der Waals surface area contributed by atoms with E-state index in [1.54, 1.807) is 13.1 Å². The molecule has 2 aromatic heterocycles. The van der Waals surface area contributed by atoms with Crippen LogP contribution in [0, 0.1) is 0 Å². The number of hydrogen-bond acceptors (Lipinski definition) is 4. The van der Waals surface area contributed by atoms with Crippen molar-refractivity contribution in [3.8, 4) is 0 Å². The lowest BCUT2D eigenvalue weighted by Gasteiger charge is -2.27. The van der Waals surface area contributed by atoms with Crippen LogP contribution in [0.1, 0.15) is 17.1 Å². The smallest absolute Gasteiger partial charge is 0.266 e. The topological polar surface area (TPSA) is 66.8 Å². The molecular formula is C16H17N5O. The Labute approximate surface area is 127 Å². The van der Waals surface area contributed by atoms with Gasteiger partial charge >= 0.3 is 0 Å². The highest BCUT2D eigenvalue weighted by Crippen LogP contribution is 2.18. The summed E-state index contributed by atoms with van der Waals surface area (Å²) < 4.78 is 1.41. The number of para-hydroxylation sites is 2. The molecule has 0 unspecified atom stereocenters. The van der Waals surface area contributed by atoms with Crippen LogP contribution in [0.2, 0.25) is 0 Å². The summed E-state index contributed by atoms with van der Waals surface area (Å²) in [5.41, 5.74) is 4.06. The highest BCUT2D eigenvalue weighted by atomic mass is 16.1. The van der Waals surface area contributed by atoms with Crippen molar-refractivity contribution in [2.45, 2.75) is 19.5 Å². The molecule has 3 heterocycles. The van der Waals surface area contributed by atoms with Crippen LogP contribution in [0.15, 0.2) is 35.1 Å². The van der Waals surface area contributed by atoms with Gasteiger partial charge in [0.2, 0.25) is 0 Å². The maximum Gasteiger partial charge on any atom is 0.266 e. The van der Waals surface area contributed by atoms with Crippen molar-refractivity contribution in [1.29, 1.82) is 0 Å². The Kier molecular flexibility index (Phi) is 3.04. The van der Waals surface area contributed by atoms with Crippen molar-refractivity contribution in [1.82, 2.24) is 24.6 Å². The Morgan fingerprint density at radius 1 is 1.32 bits per heavy atom. The van der Waals surface area contributed by atoms with E-state index in [4.69, 9.17) is 0 Å². The zero-order valence-corrected chi connectivity index (χ0v) is 12.4. The minimum atomic E-state index is -0.0515. The molecule has 0 saturated heterocycles. The van der Waals surface area contributed by atoms with Crippen LogP contribution in [-0.2, 0) is 26.6 Å². The van der Waals surface area contributed by atoms with Gasteiger partial charge in [0.15, 0.2) is 0 Å². The molecule has 0 amide bonds. The van der Waals surface area contributed by atoms with Gasteiger partial charge in [0, 0.05) is 32.6 Å². The van der Waals surface area contributed by atoms with Gasteiger partial charge in [-0.1, -0.05) is 12.1 Å². The molecule has 1 aromatic carbocycles. The van der Waals surface area contributed by atoms with Gasteiger partial charge in [0.25, 0.3) is 5.56 Å². The third kappa shape index (κ3) is 2.31. The van der Waals surface area contributed by atoms with Crippen molar-refractivity contribution in [3.05, 3.63) is 57.8 Å². The second-order valence-electron chi connectivity index (χ2n) is 5.74. The number of imidazole rings is 1. The van der Waals surface area contributed by atoms with Crippen LogP contribution in [-0.4, -0.2) is 31.2 Å². The second kappa shape index (κ2) is 5.06. The highest BCUT2D eigenvalue weighted by molar-refractivity contribution is 5.74. The number of rotatable bonds is 2. The fourth-order valence-corrected chi connectivity index (χ4v) is 2.98. The first-order valence-electron chi connectivity index (χ1n) is 7.41. The highest BCUT2D eigenvalue weighted by Gasteiger charge is 2.19. The minimum absolute atomic E-state index is 0.0515. The summed E-state index contributed by atoms with van der Waals surface area (Å²) in [6.45, 7) is 2.42. The van der Waals surface area contributed by atoms with Gasteiger partial charge in [-0.15, -0.1) is 0 Å². The first-order valence-corrected chi connectivity index (χ1v) is 7.41. The van der Waals surface area contributed by atoms with E-state index in [0.29, 0.717) is 0 Å². The number of aromatic amines is 1. The molecule has 0 radical (unpaired) electrons. The summed E-state index contributed by atoms with van der Waals surface area (Å²) >= 11 is 0. The zero-order valence-electron chi connectivity index (χ0n) is 12.4. The molecular weight excluding hydrogens is 278 g/mol. The Morgan fingerprint density at radius 3 is 3.05 bits per heavy atom. The van der Waals surface area contributed by atoms with Gasteiger partial charge in [-0.05, 0) is 17.7 Å². The predicted octanol–water partition coefficient (Wildman–Crippen LogP) is 1.21. The largest absolute Gasteiger partial charge is 0.341 e. The third-order valence-corrected chi connectivity index (χ3v) is 4.13. The fourth-order valence-electron chi connectivity index (χ4n) is 2.98. The minimum Gasteiger partial charge on any atom is -0.341 e. The lowest BCUT2D eigenvalue weighted by molar-refractivity contribution is 0.236. The lowest BCUT2D eigenvalue weighted by Crippen LogP contribution is -2.34. The van der Waals surface area contributed by atoms with E-state index in [1.807, 2.05) is 24.3 Å². The first-order chi connectivity index (χ1) is 10.7. The summed E-state index contributed by atoms with van der Waals surface area (Å²) in [4.78, 5) is 22.0. The Bertz CT molecular complexity index is 862. The average molecular weight is 295 g/mol. The van der Waals surface area contributed by atoms with Crippen LogP contribution in [0.3, 0.4) is 0 Å². The molecule has 6 nitrogen and oxygen atoms in total. The van der Waals surface area contributed by atoms with Crippen molar-refractivity contribution in [3.63, 3.8) is 0 Å². The van der Waals surface area contributed by atoms with E-state index in [0.717, 1.165) is 54.2 Å². The van der Waals surface area contributed by atoms with E-state index in [9.17, 15) is 4.79 Å². The van der Waals surface area contributed by atoms with Crippen molar-refractivity contribution < 1.29 is 0 Å². The summed E-state index contributed by atoms with van der Waals surface area (Å²) in [6.07, 6.45) is 0.865. The first kappa shape index (κ1) is 13.2. The standard InChI is InChI=1S/C16H17N5O/c1-20-16(22)8-11-9-21(7-6-12(11)19-20)10-15-17-13-4-2-3-5-14(13)18-15/h2-5,8H,6-7,9-10H2,1H3,(H,17,18). The van der Waals surface area contributed by atoms with E-state index >= 15 is 0 Å². The molecule has 112 valence electrons. The SMILES string of the molecule is Cn1nc2c(cc1=O)CN(Cc1nc3ccccc3[nH]1)CC2. The van der Waals surface area contributed by atoms with E-state index < -0.39 is 0 Å². The van der Waals surface area contributed by atoms with Crippen LogP contribution >= 0.6 is 0 Å². The molecule has 0 spiro atoms. The van der Waals surface area contributed by atoms with Crippen molar-refractivity contribution in [2.24, 2.45) is 7.05 Å². The number of aromatic nitrogens is 4. The maximum atomic E-state index is 11.7. The Balaban J connectivity index is 1.57. The molecule has 22 heavy (non-hydrogen) atoms. The summed E-state index contributed by atoms with van der Waals surface area (Å²) in [5, 5.41) is 4.34. The van der Waals surface area contributed by atoms with Gasteiger partial charge in [-0.3, -0.25) is 9.69 Å². The normalized spacial score (nSPS) is 15.1. The molecule has 4 rings (SSSR count). The Hall–Kier alpha value is -2.47. The molecule has 0 fully saturated rings. The molecule has 3 aromatic rings. The summed E-state index contributed by atoms with van der Waals surface area (Å²) in [6, 6.07) is 9.74. The fraction of sp³-hybridized carbons (Fsp3) is 0.312. The summed E-state index contributed by atoms with van der Waals surface area (Å²) in [5.74, 6) is 0.960. The predicted molar refractivity (Wildman–Crippen MR) is 83.4 cm³/mol. The zero-order chi connectivity index (χ0) is 15.1. The lowest BCUT2D eigenvalue weighted by atomic mass is 10.1. The number of nitrogens with zero attached hydrogens (tertiary/aromatic N) is 4. The second-order valence-corrected chi connectivity index (χ2v) is 5.74. The van der Waals surface area contributed by atoms with Gasteiger partial charge in [-0.2, -0.15) is 5.10 Å².